The van der Waals surface area contributed by atoms with Crippen LogP contribution in [0, 0.1) is 0 Å². The number of hydrogen-bond donors (Lipinski definition) is 2. The van der Waals surface area contributed by atoms with Gasteiger partial charge in [-0.3, -0.25) is 0 Å². The molecule has 2 aromatic carbocycles. The summed E-state index contributed by atoms with van der Waals surface area (Å²) in [5.41, 5.74) is 7.00. The molecule has 0 aromatic heterocycles. The average Bonchev–Trinajstić information content (AvgIpc) is 2.95. The number of rotatable bonds is 4. The van der Waals surface area contributed by atoms with Crippen LogP contribution in [0.2, 0.25) is 0 Å². The Kier molecular flexibility index (Phi) is 3.96. The van der Waals surface area contributed by atoms with E-state index in [9.17, 15) is 5.11 Å². The molecule has 0 bridgehead atoms. The molecule has 0 heterocycles. The molecule has 4 rings (SSSR count). The summed E-state index contributed by atoms with van der Waals surface area (Å²) < 4.78 is 0. The minimum Gasteiger partial charge on any atom is -0.392 e. The number of aryl methyl sites for hydroxylation is 1. The molecular weight excluding hydrogens is 282 g/mol. The second-order valence-electron chi connectivity index (χ2n) is 7.09. The fourth-order valence-corrected chi connectivity index (χ4v) is 4.50. The number of nitrogens with one attached hydrogen (secondary N) is 1. The Morgan fingerprint density at radius 3 is 2.96 bits per heavy atom. The van der Waals surface area contributed by atoms with Gasteiger partial charge in [-0.1, -0.05) is 42.5 Å². The van der Waals surface area contributed by atoms with Crippen molar-refractivity contribution in [2.24, 2.45) is 0 Å². The number of benzene rings is 2. The first-order valence-corrected chi connectivity index (χ1v) is 8.83. The summed E-state index contributed by atoms with van der Waals surface area (Å²) in [7, 11) is 0. The molecule has 0 radical (unpaired) electrons. The fourth-order valence-electron chi connectivity index (χ4n) is 4.50. The number of aliphatic hydroxyl groups is 1. The predicted molar refractivity (Wildman–Crippen MR) is 93.4 cm³/mol. The highest BCUT2D eigenvalue weighted by Crippen LogP contribution is 2.47. The molecule has 23 heavy (non-hydrogen) atoms. The topological polar surface area (TPSA) is 32.3 Å². The molecule has 2 heteroatoms. The maximum absolute atomic E-state index is 9.34. The Labute approximate surface area is 138 Å². The Bertz CT molecular complexity index is 709. The molecule has 0 aliphatic heterocycles. The third kappa shape index (κ3) is 2.71. The molecule has 0 spiro atoms. The minimum absolute atomic E-state index is 0.109. The molecule has 2 N–H and O–H groups in total. The Morgan fingerprint density at radius 2 is 2.09 bits per heavy atom. The van der Waals surface area contributed by atoms with E-state index in [2.05, 4.69) is 42.6 Å². The Balaban J connectivity index is 1.57. The van der Waals surface area contributed by atoms with Crippen LogP contribution in [0.5, 0.6) is 0 Å². The van der Waals surface area contributed by atoms with E-state index in [1.165, 1.54) is 36.8 Å². The van der Waals surface area contributed by atoms with Crippen molar-refractivity contribution in [3.05, 3.63) is 70.3 Å². The van der Waals surface area contributed by atoms with Crippen LogP contribution in [0.15, 0.2) is 42.5 Å². The van der Waals surface area contributed by atoms with E-state index >= 15 is 0 Å². The summed E-state index contributed by atoms with van der Waals surface area (Å²) in [5, 5.41) is 13.2. The maximum atomic E-state index is 9.34. The molecule has 2 nitrogen and oxygen atoms in total. The molecule has 0 fully saturated rings. The van der Waals surface area contributed by atoms with Crippen LogP contribution < -0.4 is 5.32 Å². The van der Waals surface area contributed by atoms with Gasteiger partial charge in [0.1, 0.15) is 0 Å². The number of hydrogen-bond acceptors (Lipinski definition) is 2. The van der Waals surface area contributed by atoms with E-state index in [1.807, 2.05) is 12.1 Å². The molecule has 0 amide bonds. The van der Waals surface area contributed by atoms with Crippen LogP contribution in [-0.4, -0.2) is 5.11 Å². The molecule has 2 aliphatic carbocycles. The molecule has 2 aliphatic rings. The second kappa shape index (κ2) is 6.10. The summed E-state index contributed by atoms with van der Waals surface area (Å²) in [5.74, 6) is 0.753. The third-order valence-corrected chi connectivity index (χ3v) is 5.62. The Morgan fingerprint density at radius 1 is 1.22 bits per heavy atom. The van der Waals surface area contributed by atoms with Crippen LogP contribution in [-0.2, 0) is 13.0 Å². The molecule has 2 aromatic rings. The van der Waals surface area contributed by atoms with Gasteiger partial charge in [-0.15, -0.1) is 0 Å². The molecule has 0 saturated heterocycles. The summed E-state index contributed by atoms with van der Waals surface area (Å²) in [6, 6.07) is 15.9. The van der Waals surface area contributed by atoms with Crippen molar-refractivity contribution in [3.8, 4) is 0 Å². The van der Waals surface area contributed by atoms with Gasteiger partial charge in [0.2, 0.25) is 0 Å². The zero-order valence-electron chi connectivity index (χ0n) is 13.8. The first-order valence-electron chi connectivity index (χ1n) is 8.83. The standard InChI is InChI=1S/C21H25NO/c1-14(17-8-2-5-15(11-17)13-23)22-20-12-18-9-3-6-16-7-4-10-19(20)21(16)18/h2,4-5,7-8,10-11,14,18,20,22-23H,3,6,9,12-13H2,1H3. The van der Waals surface area contributed by atoms with Crippen molar-refractivity contribution in [3.63, 3.8) is 0 Å². The first-order chi connectivity index (χ1) is 11.3. The van der Waals surface area contributed by atoms with Crippen molar-refractivity contribution in [2.45, 2.75) is 57.2 Å². The SMILES string of the molecule is CC(NC1CC2CCCc3cccc1c32)c1cccc(CO)c1. The highest BCUT2D eigenvalue weighted by molar-refractivity contribution is 5.45. The quantitative estimate of drug-likeness (QED) is 0.878. The van der Waals surface area contributed by atoms with E-state index in [0.717, 1.165) is 11.5 Å². The smallest absolute Gasteiger partial charge is 0.0681 e. The zero-order chi connectivity index (χ0) is 15.8. The van der Waals surface area contributed by atoms with Crippen molar-refractivity contribution in [2.75, 3.05) is 0 Å². The van der Waals surface area contributed by atoms with Gasteiger partial charge in [0, 0.05) is 12.1 Å². The van der Waals surface area contributed by atoms with Gasteiger partial charge < -0.3 is 10.4 Å². The average molecular weight is 307 g/mol. The normalized spacial score (nSPS) is 23.6. The third-order valence-electron chi connectivity index (χ3n) is 5.62. The van der Waals surface area contributed by atoms with Gasteiger partial charge in [0.25, 0.3) is 0 Å². The largest absolute Gasteiger partial charge is 0.392 e. The van der Waals surface area contributed by atoms with Gasteiger partial charge in [0.05, 0.1) is 6.61 Å². The summed E-state index contributed by atoms with van der Waals surface area (Å²) in [4.78, 5) is 0. The lowest BCUT2D eigenvalue weighted by molar-refractivity contribution is 0.281. The lowest BCUT2D eigenvalue weighted by Gasteiger charge is -2.21. The molecule has 3 unspecified atom stereocenters. The summed E-state index contributed by atoms with van der Waals surface area (Å²) in [6.45, 7) is 2.34. The summed E-state index contributed by atoms with van der Waals surface area (Å²) in [6.07, 6.45) is 5.16. The molecular formula is C21H25NO. The van der Waals surface area contributed by atoms with Crippen LogP contribution in [0.1, 0.15) is 72.0 Å². The molecule has 3 atom stereocenters. The van der Waals surface area contributed by atoms with Crippen molar-refractivity contribution in [1.29, 1.82) is 0 Å². The Hall–Kier alpha value is -1.64. The minimum atomic E-state index is 0.109. The van der Waals surface area contributed by atoms with Crippen LogP contribution in [0.3, 0.4) is 0 Å². The van der Waals surface area contributed by atoms with E-state index in [4.69, 9.17) is 0 Å². The highest BCUT2D eigenvalue weighted by atomic mass is 16.3. The first kappa shape index (κ1) is 14.9. The van der Waals surface area contributed by atoms with Crippen LogP contribution in [0.4, 0.5) is 0 Å². The van der Waals surface area contributed by atoms with Crippen molar-refractivity contribution in [1.82, 2.24) is 5.32 Å². The van der Waals surface area contributed by atoms with E-state index in [1.54, 1.807) is 11.1 Å². The van der Waals surface area contributed by atoms with E-state index in [0.29, 0.717) is 12.1 Å². The number of aliphatic hydroxyl groups excluding tert-OH is 1. The summed E-state index contributed by atoms with van der Waals surface area (Å²) >= 11 is 0. The lowest BCUT2D eigenvalue weighted by atomic mass is 9.84. The highest BCUT2D eigenvalue weighted by Gasteiger charge is 2.34. The van der Waals surface area contributed by atoms with Gasteiger partial charge >= 0.3 is 0 Å². The zero-order valence-corrected chi connectivity index (χ0v) is 13.8. The van der Waals surface area contributed by atoms with Crippen molar-refractivity contribution >= 4 is 0 Å². The van der Waals surface area contributed by atoms with Gasteiger partial charge in [-0.2, -0.15) is 0 Å². The monoisotopic (exact) mass is 307 g/mol. The second-order valence-corrected chi connectivity index (χ2v) is 7.09. The van der Waals surface area contributed by atoms with Crippen molar-refractivity contribution < 1.29 is 5.11 Å². The fraction of sp³-hybridized carbons (Fsp3) is 0.429. The van der Waals surface area contributed by atoms with E-state index < -0.39 is 0 Å². The maximum Gasteiger partial charge on any atom is 0.0681 e. The van der Waals surface area contributed by atoms with Gasteiger partial charge in [-0.05, 0) is 66.3 Å². The van der Waals surface area contributed by atoms with Crippen LogP contribution in [0.25, 0.3) is 0 Å². The van der Waals surface area contributed by atoms with Gasteiger partial charge in [-0.25, -0.2) is 0 Å². The predicted octanol–water partition coefficient (Wildman–Crippen LogP) is 4.39. The van der Waals surface area contributed by atoms with Gasteiger partial charge in [0.15, 0.2) is 0 Å². The molecule has 0 saturated carbocycles. The molecule has 120 valence electrons. The van der Waals surface area contributed by atoms with Crippen LogP contribution >= 0.6 is 0 Å². The lowest BCUT2D eigenvalue weighted by Crippen LogP contribution is -2.23. The van der Waals surface area contributed by atoms with E-state index in [-0.39, 0.29) is 6.61 Å².